The van der Waals surface area contributed by atoms with Crippen LogP contribution in [0.4, 0.5) is 0 Å². The highest BCUT2D eigenvalue weighted by atomic mass is 16.5. The van der Waals surface area contributed by atoms with Crippen LogP contribution in [0.25, 0.3) is 0 Å². The molecule has 1 aromatic rings. The molecule has 0 spiro atoms. The minimum Gasteiger partial charge on any atom is -0.381 e. The molecule has 5 nitrogen and oxygen atoms in total. The number of ether oxygens (including phenoxy) is 1. The number of likely N-dealkylation sites (tertiary alicyclic amines) is 1. The number of aromatic nitrogens is 2. The van der Waals surface area contributed by atoms with Gasteiger partial charge in [0.25, 0.3) is 0 Å². The molecule has 0 amide bonds. The van der Waals surface area contributed by atoms with Crippen LogP contribution in [0.5, 0.6) is 0 Å². The predicted molar refractivity (Wildman–Crippen MR) is 81.2 cm³/mol. The van der Waals surface area contributed by atoms with Crippen molar-refractivity contribution in [3.8, 4) is 0 Å². The molecule has 1 aromatic heterocycles. The van der Waals surface area contributed by atoms with Crippen molar-refractivity contribution in [2.75, 3.05) is 39.4 Å². The fourth-order valence-corrected chi connectivity index (χ4v) is 4.14. The Labute approximate surface area is 126 Å². The van der Waals surface area contributed by atoms with Gasteiger partial charge in [-0.15, -0.1) is 0 Å². The van der Waals surface area contributed by atoms with Gasteiger partial charge in [0.15, 0.2) is 0 Å². The molecule has 21 heavy (non-hydrogen) atoms. The fourth-order valence-electron chi connectivity index (χ4n) is 4.14. The van der Waals surface area contributed by atoms with Crippen molar-refractivity contribution >= 4 is 0 Å². The summed E-state index contributed by atoms with van der Waals surface area (Å²) in [6, 6.07) is 3.41. The van der Waals surface area contributed by atoms with Crippen molar-refractivity contribution < 1.29 is 4.74 Å². The maximum atomic E-state index is 5.53. The summed E-state index contributed by atoms with van der Waals surface area (Å²) in [7, 11) is 0. The average Bonchev–Trinajstić information content (AvgIpc) is 3.19. The average molecular weight is 290 g/mol. The number of hydrogen-bond acceptors (Lipinski definition) is 4. The molecule has 116 valence electrons. The second-order valence-corrected chi connectivity index (χ2v) is 6.70. The van der Waals surface area contributed by atoms with Crippen LogP contribution in [0.2, 0.25) is 0 Å². The maximum absolute atomic E-state index is 5.53. The van der Waals surface area contributed by atoms with Gasteiger partial charge in [-0.2, -0.15) is 5.10 Å². The van der Waals surface area contributed by atoms with Gasteiger partial charge in [0, 0.05) is 45.1 Å². The molecule has 4 heterocycles. The first-order valence-electron chi connectivity index (χ1n) is 8.47. The summed E-state index contributed by atoms with van der Waals surface area (Å²) in [5, 5.41) is 4.60. The van der Waals surface area contributed by atoms with Crippen molar-refractivity contribution in [3.05, 3.63) is 18.0 Å². The molecular weight excluding hydrogens is 264 g/mol. The highest BCUT2D eigenvalue weighted by Crippen LogP contribution is 2.27. The molecule has 1 atom stereocenters. The Morgan fingerprint density at radius 3 is 2.81 bits per heavy atom. The molecule has 0 aliphatic carbocycles. The SMILES string of the molecule is c1cc2n(n1)[C@@H](CN1CCCC1)CN(C1CCOCC1)C2. The van der Waals surface area contributed by atoms with Gasteiger partial charge in [0.2, 0.25) is 0 Å². The molecule has 0 bridgehead atoms. The minimum atomic E-state index is 0.518. The van der Waals surface area contributed by atoms with E-state index in [1.54, 1.807) is 0 Å². The van der Waals surface area contributed by atoms with E-state index in [0.717, 1.165) is 32.8 Å². The predicted octanol–water partition coefficient (Wildman–Crippen LogP) is 1.51. The molecule has 0 saturated carbocycles. The Morgan fingerprint density at radius 1 is 1.19 bits per heavy atom. The van der Waals surface area contributed by atoms with Crippen LogP contribution in [0.15, 0.2) is 12.3 Å². The lowest BCUT2D eigenvalue weighted by atomic mass is 10.0. The lowest BCUT2D eigenvalue weighted by Gasteiger charge is -2.41. The lowest BCUT2D eigenvalue weighted by Crippen LogP contribution is -2.48. The van der Waals surface area contributed by atoms with Gasteiger partial charge in [0.05, 0.1) is 11.7 Å². The van der Waals surface area contributed by atoms with E-state index in [1.807, 2.05) is 6.20 Å². The maximum Gasteiger partial charge on any atom is 0.0776 e. The van der Waals surface area contributed by atoms with Crippen molar-refractivity contribution in [1.29, 1.82) is 0 Å². The molecule has 3 aliphatic heterocycles. The Morgan fingerprint density at radius 2 is 2.00 bits per heavy atom. The van der Waals surface area contributed by atoms with Crippen LogP contribution in [0.3, 0.4) is 0 Å². The van der Waals surface area contributed by atoms with E-state index in [9.17, 15) is 0 Å². The van der Waals surface area contributed by atoms with E-state index in [0.29, 0.717) is 12.1 Å². The summed E-state index contributed by atoms with van der Waals surface area (Å²) in [6.07, 6.45) is 7.07. The van der Waals surface area contributed by atoms with Crippen LogP contribution >= 0.6 is 0 Å². The smallest absolute Gasteiger partial charge is 0.0776 e. The molecule has 0 radical (unpaired) electrons. The third-order valence-electron chi connectivity index (χ3n) is 5.28. The van der Waals surface area contributed by atoms with Gasteiger partial charge in [-0.1, -0.05) is 0 Å². The molecule has 4 rings (SSSR count). The first-order chi connectivity index (χ1) is 10.4. The number of rotatable bonds is 3. The summed E-state index contributed by atoms with van der Waals surface area (Å²) in [5.41, 5.74) is 1.39. The van der Waals surface area contributed by atoms with Gasteiger partial charge in [-0.3, -0.25) is 9.58 Å². The van der Waals surface area contributed by atoms with Gasteiger partial charge in [0.1, 0.15) is 0 Å². The Kier molecular flexibility index (Phi) is 3.97. The Hall–Kier alpha value is -0.910. The first-order valence-corrected chi connectivity index (χ1v) is 8.47. The van der Waals surface area contributed by atoms with Crippen LogP contribution < -0.4 is 0 Å². The molecule has 0 unspecified atom stereocenters. The van der Waals surface area contributed by atoms with Gasteiger partial charge < -0.3 is 9.64 Å². The Bertz CT molecular complexity index is 463. The fraction of sp³-hybridized carbons (Fsp3) is 0.812. The molecule has 3 aliphatic rings. The molecule has 0 N–H and O–H groups in total. The second-order valence-electron chi connectivity index (χ2n) is 6.70. The lowest BCUT2D eigenvalue weighted by molar-refractivity contribution is 0.0136. The van der Waals surface area contributed by atoms with E-state index in [1.165, 1.54) is 44.5 Å². The highest BCUT2D eigenvalue weighted by Gasteiger charge is 2.32. The summed E-state index contributed by atoms with van der Waals surface area (Å²) >= 11 is 0. The largest absolute Gasteiger partial charge is 0.381 e. The number of nitrogens with zero attached hydrogens (tertiary/aromatic N) is 4. The first kappa shape index (κ1) is 13.7. The monoisotopic (exact) mass is 290 g/mol. The summed E-state index contributed by atoms with van der Waals surface area (Å²) in [4.78, 5) is 5.30. The zero-order valence-corrected chi connectivity index (χ0v) is 12.8. The molecular formula is C16H26N4O. The van der Waals surface area contributed by atoms with Crippen molar-refractivity contribution in [2.24, 2.45) is 0 Å². The van der Waals surface area contributed by atoms with Gasteiger partial charge >= 0.3 is 0 Å². The second kappa shape index (κ2) is 6.07. The molecule has 2 fully saturated rings. The molecule has 2 saturated heterocycles. The van der Waals surface area contributed by atoms with Crippen LogP contribution in [0.1, 0.15) is 37.4 Å². The minimum absolute atomic E-state index is 0.518. The molecule has 5 heteroatoms. The third-order valence-corrected chi connectivity index (χ3v) is 5.28. The van der Waals surface area contributed by atoms with Crippen molar-refractivity contribution in [2.45, 2.75) is 44.3 Å². The van der Waals surface area contributed by atoms with E-state index in [2.05, 4.69) is 25.6 Å². The van der Waals surface area contributed by atoms with Gasteiger partial charge in [-0.25, -0.2) is 0 Å². The van der Waals surface area contributed by atoms with Crippen LogP contribution in [-0.4, -0.2) is 65.0 Å². The number of hydrogen-bond donors (Lipinski definition) is 0. The highest BCUT2D eigenvalue weighted by molar-refractivity contribution is 5.06. The van der Waals surface area contributed by atoms with E-state index in [-0.39, 0.29) is 0 Å². The van der Waals surface area contributed by atoms with E-state index >= 15 is 0 Å². The summed E-state index contributed by atoms with van der Waals surface area (Å²) in [6.45, 7) is 7.76. The van der Waals surface area contributed by atoms with Gasteiger partial charge in [-0.05, 0) is 44.8 Å². The van der Waals surface area contributed by atoms with E-state index in [4.69, 9.17) is 4.74 Å². The normalized spacial score (nSPS) is 28.9. The summed E-state index contributed by atoms with van der Waals surface area (Å²) in [5.74, 6) is 0. The molecule has 0 aromatic carbocycles. The van der Waals surface area contributed by atoms with Crippen LogP contribution in [0, 0.1) is 0 Å². The Balaban J connectivity index is 1.49. The standard InChI is InChI=1S/C16H26N4O/c1-2-8-18(7-1)11-16-13-19(14-4-9-21-10-5-14)12-15-3-6-17-20(15)16/h3,6,14,16H,1-2,4-5,7-13H2/t16-/m0/s1. The zero-order valence-electron chi connectivity index (χ0n) is 12.8. The van der Waals surface area contributed by atoms with Crippen molar-refractivity contribution in [1.82, 2.24) is 19.6 Å². The topological polar surface area (TPSA) is 33.5 Å². The quantitative estimate of drug-likeness (QED) is 0.845. The number of fused-ring (bicyclic) bond motifs is 1. The zero-order chi connectivity index (χ0) is 14.1. The summed E-state index contributed by atoms with van der Waals surface area (Å²) < 4.78 is 7.81. The van der Waals surface area contributed by atoms with Crippen LogP contribution in [-0.2, 0) is 11.3 Å². The third kappa shape index (κ3) is 2.87. The van der Waals surface area contributed by atoms with Crippen molar-refractivity contribution in [3.63, 3.8) is 0 Å². The van der Waals surface area contributed by atoms with E-state index < -0.39 is 0 Å².